The molecule has 2 aromatic carbocycles. The Hall–Kier alpha value is -1.60. The van der Waals surface area contributed by atoms with Gasteiger partial charge >= 0.3 is 0 Å². The van der Waals surface area contributed by atoms with Gasteiger partial charge in [0, 0.05) is 11.5 Å². The highest BCUT2D eigenvalue weighted by atomic mass is 14.7. The largest absolute Gasteiger partial charge is 0.323 e. The highest BCUT2D eigenvalue weighted by Gasteiger charge is 2.40. The third-order valence-electron chi connectivity index (χ3n) is 4.64. The number of benzene rings is 2. The van der Waals surface area contributed by atoms with Crippen molar-refractivity contribution in [2.75, 3.05) is 0 Å². The first kappa shape index (κ1) is 13.4. The van der Waals surface area contributed by atoms with Crippen molar-refractivity contribution in [3.8, 4) is 0 Å². The molecule has 0 aliphatic heterocycles. The van der Waals surface area contributed by atoms with Crippen molar-refractivity contribution in [3.05, 3.63) is 78.2 Å². The molecule has 3 rings (SSSR count). The maximum Gasteiger partial charge on any atom is 0.0393 e. The van der Waals surface area contributed by atoms with Gasteiger partial charge in [0.15, 0.2) is 0 Å². The average molecular weight is 264 g/mol. The summed E-state index contributed by atoms with van der Waals surface area (Å²) in [6, 6.07) is 21.4. The Balaban J connectivity index is 2.02. The van der Waals surface area contributed by atoms with Crippen LogP contribution in [0, 0.1) is 6.42 Å². The molecule has 0 saturated heterocycles. The van der Waals surface area contributed by atoms with Gasteiger partial charge in [-0.3, -0.25) is 0 Å². The molecule has 2 atom stereocenters. The number of nitrogens with two attached hydrogens (primary N) is 1. The summed E-state index contributed by atoms with van der Waals surface area (Å²) in [5.41, 5.74) is 9.40. The molecule has 103 valence electrons. The van der Waals surface area contributed by atoms with Crippen molar-refractivity contribution in [1.29, 1.82) is 0 Å². The van der Waals surface area contributed by atoms with Gasteiger partial charge < -0.3 is 5.73 Å². The summed E-state index contributed by atoms with van der Waals surface area (Å²) in [6.45, 7) is 0. The molecule has 2 unspecified atom stereocenters. The van der Waals surface area contributed by atoms with E-state index in [9.17, 15) is 0 Å². The van der Waals surface area contributed by atoms with Crippen LogP contribution < -0.4 is 5.73 Å². The summed E-state index contributed by atoms with van der Waals surface area (Å²) in [5.74, 6) is 0. The lowest BCUT2D eigenvalue weighted by atomic mass is 9.63. The van der Waals surface area contributed by atoms with Crippen LogP contribution in [0.4, 0.5) is 0 Å². The summed E-state index contributed by atoms with van der Waals surface area (Å²) < 4.78 is 0. The fourth-order valence-electron chi connectivity index (χ4n) is 3.50. The van der Waals surface area contributed by atoms with Gasteiger partial charge in [0.1, 0.15) is 0 Å². The predicted octanol–water partition coefficient (Wildman–Crippen LogP) is 4.40. The molecule has 0 amide bonds. The molecule has 2 aromatic rings. The predicted molar refractivity (Wildman–Crippen MR) is 84.3 cm³/mol. The first-order valence-electron chi connectivity index (χ1n) is 7.51. The van der Waals surface area contributed by atoms with Crippen LogP contribution in [0.25, 0.3) is 0 Å². The van der Waals surface area contributed by atoms with Gasteiger partial charge in [-0.2, -0.15) is 0 Å². The van der Waals surface area contributed by atoms with E-state index in [1.807, 2.05) is 0 Å². The van der Waals surface area contributed by atoms with Crippen molar-refractivity contribution in [3.63, 3.8) is 0 Å². The Morgan fingerprint density at radius 1 is 0.900 bits per heavy atom. The summed E-state index contributed by atoms with van der Waals surface area (Å²) >= 11 is 0. The molecular formula is C19H22N. The van der Waals surface area contributed by atoms with Crippen LogP contribution in [0.5, 0.6) is 0 Å². The molecule has 1 nitrogen and oxygen atoms in total. The lowest BCUT2D eigenvalue weighted by Gasteiger charge is -2.43. The lowest BCUT2D eigenvalue weighted by molar-refractivity contribution is 0.279. The van der Waals surface area contributed by atoms with Crippen LogP contribution in [-0.4, -0.2) is 0 Å². The van der Waals surface area contributed by atoms with E-state index < -0.39 is 0 Å². The van der Waals surface area contributed by atoms with E-state index in [0.717, 1.165) is 6.42 Å². The first-order valence-corrected chi connectivity index (χ1v) is 7.51. The standard InChI is InChI=1S/C19H22N/c20-18(16-10-4-1-5-11-16)19(14-8-3-9-15-19)17-12-6-2-7-13-17/h1-2,4-8,10-13,18H,3,9,14-15,20H2. The van der Waals surface area contributed by atoms with E-state index in [1.165, 1.54) is 30.4 Å². The number of hydrogen-bond donors (Lipinski definition) is 1. The third-order valence-corrected chi connectivity index (χ3v) is 4.64. The topological polar surface area (TPSA) is 26.0 Å². The molecule has 1 saturated carbocycles. The van der Waals surface area contributed by atoms with Crippen molar-refractivity contribution in [1.82, 2.24) is 0 Å². The van der Waals surface area contributed by atoms with Gasteiger partial charge in [-0.1, -0.05) is 73.5 Å². The SMILES string of the molecule is NC(c1ccccc1)C1(c2ccccc2)C[CH]CCC1. The van der Waals surface area contributed by atoms with E-state index in [4.69, 9.17) is 5.73 Å². The van der Waals surface area contributed by atoms with Gasteiger partial charge in [0.25, 0.3) is 0 Å². The molecule has 0 heterocycles. The van der Waals surface area contributed by atoms with E-state index in [2.05, 4.69) is 67.1 Å². The summed E-state index contributed by atoms with van der Waals surface area (Å²) in [5, 5.41) is 0. The highest BCUT2D eigenvalue weighted by molar-refractivity contribution is 5.34. The van der Waals surface area contributed by atoms with Gasteiger partial charge in [0.05, 0.1) is 0 Å². The zero-order valence-electron chi connectivity index (χ0n) is 11.8. The van der Waals surface area contributed by atoms with Crippen LogP contribution in [0.1, 0.15) is 42.9 Å². The Morgan fingerprint density at radius 2 is 1.55 bits per heavy atom. The van der Waals surface area contributed by atoms with Gasteiger partial charge in [-0.15, -0.1) is 0 Å². The Bertz CT molecular complexity index is 526. The van der Waals surface area contributed by atoms with Crippen LogP contribution in [-0.2, 0) is 5.41 Å². The second-order valence-electron chi connectivity index (χ2n) is 5.80. The van der Waals surface area contributed by atoms with Crippen LogP contribution in [0.2, 0.25) is 0 Å². The summed E-state index contributed by atoms with van der Waals surface area (Å²) in [4.78, 5) is 0. The fourth-order valence-corrected chi connectivity index (χ4v) is 3.50. The molecule has 1 heteroatoms. The average Bonchev–Trinajstić information content (AvgIpc) is 2.56. The third kappa shape index (κ3) is 2.38. The molecule has 1 fully saturated rings. The zero-order chi connectivity index (χ0) is 13.8. The minimum absolute atomic E-state index is 0.0564. The Labute approximate surface area is 121 Å². The monoisotopic (exact) mass is 264 g/mol. The van der Waals surface area contributed by atoms with E-state index in [-0.39, 0.29) is 11.5 Å². The molecule has 2 N–H and O–H groups in total. The quantitative estimate of drug-likeness (QED) is 0.873. The molecule has 0 bridgehead atoms. The second kappa shape index (κ2) is 5.80. The zero-order valence-corrected chi connectivity index (χ0v) is 11.8. The smallest absolute Gasteiger partial charge is 0.0393 e. The Morgan fingerprint density at radius 3 is 2.15 bits per heavy atom. The molecule has 1 radical (unpaired) electrons. The number of hydrogen-bond acceptors (Lipinski definition) is 1. The minimum Gasteiger partial charge on any atom is -0.323 e. The highest BCUT2D eigenvalue weighted by Crippen LogP contribution is 2.46. The lowest BCUT2D eigenvalue weighted by Crippen LogP contribution is -2.40. The van der Waals surface area contributed by atoms with Gasteiger partial charge in [-0.05, 0) is 30.4 Å². The van der Waals surface area contributed by atoms with Crippen molar-refractivity contribution in [2.24, 2.45) is 5.73 Å². The summed E-state index contributed by atoms with van der Waals surface area (Å²) in [6.07, 6.45) is 7.11. The molecule has 1 aliphatic rings. The van der Waals surface area contributed by atoms with E-state index >= 15 is 0 Å². The van der Waals surface area contributed by atoms with Gasteiger partial charge in [-0.25, -0.2) is 0 Å². The van der Waals surface area contributed by atoms with Crippen LogP contribution in [0.15, 0.2) is 60.7 Å². The minimum atomic E-state index is 0.0564. The van der Waals surface area contributed by atoms with Gasteiger partial charge in [0.2, 0.25) is 0 Å². The maximum absolute atomic E-state index is 6.72. The molecule has 0 aromatic heterocycles. The maximum atomic E-state index is 6.72. The van der Waals surface area contributed by atoms with Crippen LogP contribution >= 0.6 is 0 Å². The molecule has 0 spiro atoms. The van der Waals surface area contributed by atoms with Crippen molar-refractivity contribution in [2.45, 2.75) is 37.1 Å². The Kier molecular flexibility index (Phi) is 3.88. The summed E-state index contributed by atoms with van der Waals surface area (Å²) in [7, 11) is 0. The second-order valence-corrected chi connectivity index (χ2v) is 5.80. The molecular weight excluding hydrogens is 242 g/mol. The molecule has 1 aliphatic carbocycles. The van der Waals surface area contributed by atoms with E-state index in [0.29, 0.717) is 0 Å². The number of rotatable bonds is 3. The normalized spacial score (nSPS) is 19.4. The van der Waals surface area contributed by atoms with Crippen molar-refractivity contribution < 1.29 is 0 Å². The van der Waals surface area contributed by atoms with Crippen LogP contribution in [0.3, 0.4) is 0 Å². The first-order chi connectivity index (χ1) is 9.83. The van der Waals surface area contributed by atoms with E-state index in [1.54, 1.807) is 0 Å². The van der Waals surface area contributed by atoms with Crippen molar-refractivity contribution >= 4 is 0 Å². The molecule has 20 heavy (non-hydrogen) atoms. The fraction of sp³-hybridized carbons (Fsp3) is 0.316.